The molecule has 518 valence electrons. The molecule has 0 radical (unpaired) electrons. The maximum atomic E-state index is 13.3. The number of carbonyl (C=O) groups is 1. The summed E-state index contributed by atoms with van der Waals surface area (Å²) in [5, 5.41) is 120. The Morgan fingerprint density at radius 3 is 1.11 bits per heavy atom. The Kier molecular flexibility index (Phi) is 47.0. The number of hydrogen-bond donors (Lipinski definition) is 12. The van der Waals surface area contributed by atoms with Crippen molar-refractivity contribution in [2.24, 2.45) is 0 Å². The lowest BCUT2D eigenvalue weighted by atomic mass is 9.96. The minimum atomic E-state index is -1.98. The summed E-state index contributed by atoms with van der Waals surface area (Å²) in [6, 6.07) is -0.945. The number of nitrogens with one attached hydrogen (secondary N) is 1. The molecule has 3 heterocycles. The highest BCUT2D eigenvalue weighted by Crippen LogP contribution is 2.33. The molecule has 0 saturated carbocycles. The number of unbranched alkanes of at least 4 members (excludes halogenated alkanes) is 28. The van der Waals surface area contributed by atoms with E-state index in [1.54, 1.807) is 6.08 Å². The smallest absolute Gasteiger partial charge is 0.224 e. The normalized spacial score (nSPS) is 28.6. The van der Waals surface area contributed by atoms with E-state index in [-0.39, 0.29) is 18.9 Å². The number of carbonyl (C=O) groups excluding carboxylic acids is 1. The van der Waals surface area contributed by atoms with Gasteiger partial charge in [0.1, 0.15) is 73.2 Å². The second-order valence-electron chi connectivity index (χ2n) is 25.0. The van der Waals surface area contributed by atoms with Crippen molar-refractivity contribution in [1.82, 2.24) is 5.32 Å². The Morgan fingerprint density at radius 1 is 0.404 bits per heavy atom. The van der Waals surface area contributed by atoms with Crippen LogP contribution in [0.15, 0.2) is 60.8 Å². The second kappa shape index (κ2) is 51.8. The van der Waals surface area contributed by atoms with E-state index in [0.717, 1.165) is 44.9 Å². The van der Waals surface area contributed by atoms with Gasteiger partial charge in [0.2, 0.25) is 5.91 Å². The Bertz CT molecular complexity index is 1850. The standard InChI is InChI=1S/C70H125NO18/c1-3-5-7-9-11-13-15-17-19-20-21-22-23-24-25-26-27-28-29-30-31-32-34-35-37-39-41-43-45-47-54(75)53(71-58(76)48-46-44-42-40-38-36-33-18-16-14-12-10-8-6-4-2)52-84-68-64(82)61(79)66(56(50-73)86-68)89-70-65(83)62(80)67(57(51-74)87-70)88-69-63(81)60(78)59(77)55(49-72)85-69/h6,8,12,14,18,33,38,40,44,46,53-57,59-70,72-75,77-83H,3-5,7,9-11,13,15-17,19-32,34-37,39,41-43,45,47-52H2,1-2H3,(H,71,76)/b8-6-,14-12-,33-18-,40-38-,46-44-. The van der Waals surface area contributed by atoms with Gasteiger partial charge in [-0.1, -0.05) is 261 Å². The van der Waals surface area contributed by atoms with Crippen molar-refractivity contribution < 1.29 is 89.4 Å². The van der Waals surface area contributed by atoms with Crippen LogP contribution >= 0.6 is 0 Å². The average molecular weight is 1270 g/mol. The van der Waals surface area contributed by atoms with Crippen LogP contribution in [0, 0.1) is 0 Å². The Morgan fingerprint density at radius 2 is 0.730 bits per heavy atom. The zero-order chi connectivity index (χ0) is 64.7. The Labute approximate surface area is 535 Å². The first-order valence-electron chi connectivity index (χ1n) is 35.0. The van der Waals surface area contributed by atoms with Gasteiger partial charge in [-0.3, -0.25) is 4.79 Å². The summed E-state index contributed by atoms with van der Waals surface area (Å²) in [5.74, 6) is -0.369. The minimum Gasteiger partial charge on any atom is -0.394 e. The fourth-order valence-electron chi connectivity index (χ4n) is 11.7. The predicted octanol–water partition coefficient (Wildman–Crippen LogP) is 9.16. The van der Waals surface area contributed by atoms with E-state index in [4.69, 9.17) is 28.4 Å². The molecule has 0 bridgehead atoms. The summed E-state index contributed by atoms with van der Waals surface area (Å²) in [6.07, 6.45) is 36.4. The van der Waals surface area contributed by atoms with Gasteiger partial charge in [0.05, 0.1) is 38.6 Å². The molecule has 0 aromatic carbocycles. The molecule has 89 heavy (non-hydrogen) atoms. The Hall–Kier alpha value is -2.51. The third kappa shape index (κ3) is 33.9. The molecule has 12 N–H and O–H groups in total. The van der Waals surface area contributed by atoms with E-state index >= 15 is 0 Å². The molecule has 3 saturated heterocycles. The first-order chi connectivity index (χ1) is 43.3. The van der Waals surface area contributed by atoms with E-state index in [1.807, 2.05) is 12.2 Å². The molecule has 0 aliphatic carbocycles. The first kappa shape index (κ1) is 80.7. The van der Waals surface area contributed by atoms with Gasteiger partial charge < -0.3 is 89.9 Å². The highest BCUT2D eigenvalue weighted by molar-refractivity contribution is 5.77. The summed E-state index contributed by atoms with van der Waals surface area (Å²) >= 11 is 0. The van der Waals surface area contributed by atoms with Gasteiger partial charge in [-0.05, 0) is 38.5 Å². The number of aliphatic hydroxyl groups excluding tert-OH is 11. The number of rotatable bonds is 53. The molecule has 3 rings (SSSR count). The van der Waals surface area contributed by atoms with Crippen molar-refractivity contribution in [1.29, 1.82) is 0 Å². The fraction of sp³-hybridized carbons (Fsp3) is 0.843. The molecular weight excluding hydrogens is 1140 g/mol. The lowest BCUT2D eigenvalue weighted by Gasteiger charge is -2.48. The van der Waals surface area contributed by atoms with E-state index in [0.29, 0.717) is 19.3 Å². The van der Waals surface area contributed by atoms with Crippen LogP contribution in [0.2, 0.25) is 0 Å². The van der Waals surface area contributed by atoms with E-state index in [9.17, 15) is 61.0 Å². The quantitative estimate of drug-likeness (QED) is 0.0199. The van der Waals surface area contributed by atoms with Crippen LogP contribution in [0.5, 0.6) is 0 Å². The van der Waals surface area contributed by atoms with Crippen molar-refractivity contribution >= 4 is 5.91 Å². The van der Waals surface area contributed by atoms with Crippen molar-refractivity contribution in [3.05, 3.63) is 60.8 Å². The minimum absolute atomic E-state index is 0.0325. The molecule has 17 unspecified atom stereocenters. The summed E-state index contributed by atoms with van der Waals surface area (Å²) in [6.45, 7) is 1.62. The number of aliphatic hydroxyl groups is 11. The molecular formula is C70H125NO18. The van der Waals surface area contributed by atoms with E-state index in [2.05, 4.69) is 61.7 Å². The van der Waals surface area contributed by atoms with Crippen molar-refractivity contribution in [2.75, 3.05) is 26.4 Å². The van der Waals surface area contributed by atoms with Gasteiger partial charge in [0.25, 0.3) is 0 Å². The van der Waals surface area contributed by atoms with Gasteiger partial charge in [0, 0.05) is 6.42 Å². The van der Waals surface area contributed by atoms with Crippen molar-refractivity contribution in [3.8, 4) is 0 Å². The second-order valence-corrected chi connectivity index (χ2v) is 25.0. The lowest BCUT2D eigenvalue weighted by molar-refractivity contribution is -0.379. The number of ether oxygens (including phenoxy) is 6. The summed E-state index contributed by atoms with van der Waals surface area (Å²) in [5.41, 5.74) is 0. The maximum Gasteiger partial charge on any atom is 0.224 e. The SMILES string of the molecule is CC/C=C\C/C=C\C/C=C\C/C=C\C/C=C\CC(=O)NC(COC1OC(CO)C(OC2OC(CO)C(OC3OC(CO)C(O)C(O)C3O)C(O)C2O)C(O)C1O)C(O)CCCCCCCCCCCCCCCCCCCCCCCCCCCCCCC. The molecule has 1 amide bonds. The third-order valence-electron chi connectivity index (χ3n) is 17.4. The van der Waals surface area contributed by atoms with Gasteiger partial charge in [-0.2, -0.15) is 0 Å². The molecule has 0 spiro atoms. The molecule has 3 aliphatic heterocycles. The third-order valence-corrected chi connectivity index (χ3v) is 17.4. The first-order valence-corrected chi connectivity index (χ1v) is 35.0. The van der Waals surface area contributed by atoms with Gasteiger partial charge in [-0.25, -0.2) is 0 Å². The van der Waals surface area contributed by atoms with Crippen molar-refractivity contribution in [2.45, 2.75) is 349 Å². The predicted molar refractivity (Wildman–Crippen MR) is 346 cm³/mol. The molecule has 3 fully saturated rings. The molecule has 17 atom stereocenters. The summed E-state index contributed by atoms with van der Waals surface area (Å²) in [4.78, 5) is 13.3. The molecule has 19 nitrogen and oxygen atoms in total. The fourth-order valence-corrected chi connectivity index (χ4v) is 11.7. The maximum absolute atomic E-state index is 13.3. The molecule has 19 heteroatoms. The van der Waals surface area contributed by atoms with Crippen LogP contribution < -0.4 is 5.32 Å². The topological polar surface area (TPSA) is 307 Å². The number of hydrogen-bond acceptors (Lipinski definition) is 18. The van der Waals surface area contributed by atoms with Crippen LogP contribution in [0.3, 0.4) is 0 Å². The van der Waals surface area contributed by atoms with E-state index in [1.165, 1.54) is 161 Å². The number of allylic oxidation sites excluding steroid dienone is 9. The van der Waals surface area contributed by atoms with Crippen LogP contribution in [0.25, 0.3) is 0 Å². The molecule has 0 aromatic rings. The van der Waals surface area contributed by atoms with Crippen molar-refractivity contribution in [3.63, 3.8) is 0 Å². The van der Waals surface area contributed by atoms with Gasteiger partial charge in [0.15, 0.2) is 18.9 Å². The van der Waals surface area contributed by atoms with Crippen LogP contribution in [-0.2, 0) is 33.2 Å². The van der Waals surface area contributed by atoms with E-state index < -0.39 is 124 Å². The molecule has 3 aliphatic rings. The Balaban J connectivity index is 1.41. The average Bonchev–Trinajstić information content (AvgIpc) is 1.97. The largest absolute Gasteiger partial charge is 0.394 e. The zero-order valence-electron chi connectivity index (χ0n) is 54.6. The van der Waals surface area contributed by atoms with Crippen LogP contribution in [0.4, 0.5) is 0 Å². The van der Waals surface area contributed by atoms with Crippen LogP contribution in [-0.4, -0.2) is 193 Å². The van der Waals surface area contributed by atoms with Gasteiger partial charge in [-0.15, -0.1) is 0 Å². The van der Waals surface area contributed by atoms with Crippen LogP contribution in [0.1, 0.15) is 245 Å². The van der Waals surface area contributed by atoms with Gasteiger partial charge >= 0.3 is 0 Å². The zero-order valence-corrected chi connectivity index (χ0v) is 54.6. The molecule has 0 aromatic heterocycles. The lowest BCUT2D eigenvalue weighted by Crippen LogP contribution is -2.66. The highest BCUT2D eigenvalue weighted by atomic mass is 16.8. The summed E-state index contributed by atoms with van der Waals surface area (Å²) < 4.78 is 34.3. The monoisotopic (exact) mass is 1270 g/mol. The number of amides is 1. The highest BCUT2D eigenvalue weighted by Gasteiger charge is 2.53. The summed E-state index contributed by atoms with van der Waals surface area (Å²) in [7, 11) is 0.